The van der Waals surface area contributed by atoms with Crippen molar-refractivity contribution in [3.05, 3.63) is 23.3 Å². The number of hydrogen-bond donors (Lipinski definition) is 1. The smallest absolute Gasteiger partial charge is 0.243 e. The number of carbonyl (C=O) groups excluding carboxylic acids is 1. The van der Waals surface area contributed by atoms with Crippen molar-refractivity contribution >= 4 is 31.5 Å². The summed E-state index contributed by atoms with van der Waals surface area (Å²) in [5.41, 5.74) is 2.01. The number of nitrogens with one attached hydrogen (secondary N) is 1. The summed E-state index contributed by atoms with van der Waals surface area (Å²) in [6, 6.07) is 3.10. The van der Waals surface area contributed by atoms with E-state index < -0.39 is 19.9 Å². The number of anilines is 1. The molecule has 0 unspecified atom stereocenters. The van der Waals surface area contributed by atoms with Gasteiger partial charge in [-0.2, -0.15) is 4.31 Å². The average Bonchev–Trinajstić information content (AvgIpc) is 2.90. The molecule has 2 rings (SSSR count). The van der Waals surface area contributed by atoms with Crippen molar-refractivity contribution in [1.29, 1.82) is 0 Å². The lowest BCUT2D eigenvalue weighted by atomic mass is 10.0. The van der Waals surface area contributed by atoms with Gasteiger partial charge in [0.25, 0.3) is 0 Å². The molecule has 9 heteroatoms. The molecule has 1 aromatic rings. The maximum atomic E-state index is 12.8. The number of aryl methyl sites for hydroxylation is 1. The Morgan fingerprint density at radius 2 is 1.85 bits per heavy atom. The molecular formula is C18H28N2O5S2. The summed E-state index contributed by atoms with van der Waals surface area (Å²) in [6.07, 6.45) is 0.606. The molecule has 1 amide bonds. The Morgan fingerprint density at radius 3 is 2.37 bits per heavy atom. The molecule has 1 aliphatic rings. The van der Waals surface area contributed by atoms with Crippen LogP contribution in [0.4, 0.5) is 5.69 Å². The fraction of sp³-hybridized carbons (Fsp3) is 0.611. The molecule has 0 saturated carbocycles. The van der Waals surface area contributed by atoms with Gasteiger partial charge in [0.2, 0.25) is 15.9 Å². The number of sulfone groups is 1. The van der Waals surface area contributed by atoms with E-state index in [1.807, 2.05) is 6.92 Å². The summed E-state index contributed by atoms with van der Waals surface area (Å²) >= 11 is 0. The van der Waals surface area contributed by atoms with Crippen LogP contribution in [0.25, 0.3) is 0 Å². The van der Waals surface area contributed by atoms with Gasteiger partial charge in [0.1, 0.15) is 0 Å². The molecule has 7 nitrogen and oxygen atoms in total. The van der Waals surface area contributed by atoms with Crippen LogP contribution in [0, 0.1) is 19.8 Å². The maximum absolute atomic E-state index is 12.8. The molecule has 1 heterocycles. The van der Waals surface area contributed by atoms with Gasteiger partial charge in [-0.1, -0.05) is 13.8 Å². The molecule has 1 saturated heterocycles. The van der Waals surface area contributed by atoms with Gasteiger partial charge < -0.3 is 5.32 Å². The number of hydrogen-bond acceptors (Lipinski definition) is 5. The summed E-state index contributed by atoms with van der Waals surface area (Å²) in [7, 11) is -6.67. The van der Waals surface area contributed by atoms with Crippen LogP contribution >= 0.6 is 0 Å². The van der Waals surface area contributed by atoms with Gasteiger partial charge in [0.05, 0.1) is 16.4 Å². The van der Waals surface area contributed by atoms with Gasteiger partial charge in [-0.3, -0.25) is 4.79 Å². The Labute approximate surface area is 162 Å². The zero-order valence-electron chi connectivity index (χ0n) is 16.3. The summed E-state index contributed by atoms with van der Waals surface area (Å²) < 4.78 is 50.1. The minimum absolute atomic E-state index is 0.0365. The van der Waals surface area contributed by atoms with Crippen molar-refractivity contribution in [3.63, 3.8) is 0 Å². The molecule has 1 aromatic carbocycles. The summed E-state index contributed by atoms with van der Waals surface area (Å²) in [5.74, 6) is -0.314. The zero-order chi connectivity index (χ0) is 20.4. The van der Waals surface area contributed by atoms with Crippen LogP contribution in [0.2, 0.25) is 0 Å². The molecule has 152 valence electrons. The largest absolute Gasteiger partial charge is 0.326 e. The van der Waals surface area contributed by atoms with Crippen LogP contribution in [0.5, 0.6) is 0 Å². The Bertz CT molecular complexity index is 919. The molecule has 1 aliphatic heterocycles. The highest BCUT2D eigenvalue weighted by atomic mass is 32.2. The second-order valence-corrected chi connectivity index (χ2v) is 11.2. The van der Waals surface area contributed by atoms with Crippen molar-refractivity contribution in [3.8, 4) is 0 Å². The molecule has 0 radical (unpaired) electrons. The highest BCUT2D eigenvalue weighted by Gasteiger charge is 2.30. The number of amides is 1. The summed E-state index contributed by atoms with van der Waals surface area (Å²) in [6.45, 7) is 7.91. The van der Waals surface area contributed by atoms with Crippen molar-refractivity contribution in [2.24, 2.45) is 5.92 Å². The minimum atomic E-state index is -3.63. The Morgan fingerprint density at radius 1 is 1.22 bits per heavy atom. The number of rotatable bonds is 7. The van der Waals surface area contributed by atoms with Crippen molar-refractivity contribution < 1.29 is 21.6 Å². The van der Waals surface area contributed by atoms with E-state index in [0.29, 0.717) is 25.2 Å². The SMILES string of the molecule is CCN(CC)S(=O)(=O)c1cc(C)c(C)c(NC(=O)C[C@H]2CCS(=O)(=O)C2)c1. The van der Waals surface area contributed by atoms with E-state index in [-0.39, 0.29) is 34.6 Å². The van der Waals surface area contributed by atoms with Crippen molar-refractivity contribution in [1.82, 2.24) is 4.31 Å². The molecule has 0 bridgehead atoms. The van der Waals surface area contributed by atoms with E-state index in [1.165, 1.54) is 10.4 Å². The molecule has 0 aliphatic carbocycles. The number of benzene rings is 1. The van der Waals surface area contributed by atoms with Crippen LogP contribution in [-0.4, -0.2) is 51.6 Å². The third-order valence-electron chi connectivity index (χ3n) is 5.06. The first-order chi connectivity index (χ1) is 12.5. The summed E-state index contributed by atoms with van der Waals surface area (Å²) in [4.78, 5) is 12.5. The first-order valence-corrected chi connectivity index (χ1v) is 12.4. The summed E-state index contributed by atoms with van der Waals surface area (Å²) in [5, 5.41) is 2.78. The van der Waals surface area contributed by atoms with E-state index >= 15 is 0 Å². The monoisotopic (exact) mass is 416 g/mol. The van der Waals surface area contributed by atoms with Gasteiger partial charge in [-0.05, 0) is 49.4 Å². The number of nitrogens with zero attached hydrogens (tertiary/aromatic N) is 1. The zero-order valence-corrected chi connectivity index (χ0v) is 17.9. The predicted octanol–water partition coefficient (Wildman–Crippen LogP) is 2.10. The average molecular weight is 417 g/mol. The Hall–Kier alpha value is -1.45. The van der Waals surface area contributed by atoms with Crippen LogP contribution in [0.1, 0.15) is 37.8 Å². The van der Waals surface area contributed by atoms with Crippen LogP contribution in [0.3, 0.4) is 0 Å². The second kappa shape index (κ2) is 8.28. The van der Waals surface area contributed by atoms with Gasteiger partial charge in [0, 0.05) is 25.2 Å². The second-order valence-electron chi connectivity index (χ2n) is 7.02. The van der Waals surface area contributed by atoms with Crippen LogP contribution in [0.15, 0.2) is 17.0 Å². The maximum Gasteiger partial charge on any atom is 0.243 e. The first-order valence-electron chi connectivity index (χ1n) is 9.11. The lowest BCUT2D eigenvalue weighted by Gasteiger charge is -2.20. The first kappa shape index (κ1) is 21.8. The van der Waals surface area contributed by atoms with Gasteiger partial charge in [-0.15, -0.1) is 0 Å². The lowest BCUT2D eigenvalue weighted by Crippen LogP contribution is -2.30. The van der Waals surface area contributed by atoms with Crippen molar-refractivity contribution in [2.75, 3.05) is 29.9 Å². The van der Waals surface area contributed by atoms with Gasteiger partial charge in [-0.25, -0.2) is 16.8 Å². The fourth-order valence-electron chi connectivity index (χ4n) is 3.31. The fourth-order valence-corrected chi connectivity index (χ4v) is 6.75. The molecule has 1 N–H and O–H groups in total. The molecule has 1 atom stereocenters. The highest BCUT2D eigenvalue weighted by Crippen LogP contribution is 2.27. The van der Waals surface area contributed by atoms with Gasteiger partial charge >= 0.3 is 0 Å². The minimum Gasteiger partial charge on any atom is -0.326 e. The van der Waals surface area contributed by atoms with E-state index in [2.05, 4.69) is 5.32 Å². The lowest BCUT2D eigenvalue weighted by molar-refractivity contribution is -0.116. The molecule has 1 fully saturated rings. The quantitative estimate of drug-likeness (QED) is 0.734. The topological polar surface area (TPSA) is 101 Å². The Balaban J connectivity index is 2.24. The third kappa shape index (κ3) is 5.08. The van der Waals surface area contributed by atoms with E-state index in [4.69, 9.17) is 0 Å². The normalized spacial score (nSPS) is 19.4. The molecule has 0 aromatic heterocycles. The standard InChI is InChI=1S/C18H28N2O5S2/c1-5-20(6-2)27(24,25)16-9-13(3)14(4)17(11-16)19-18(21)10-15-7-8-26(22,23)12-15/h9,11,15H,5-8,10,12H2,1-4H3,(H,19,21)/t15-/m1/s1. The van der Waals surface area contributed by atoms with E-state index in [0.717, 1.165) is 11.1 Å². The molecule has 27 heavy (non-hydrogen) atoms. The third-order valence-corrected chi connectivity index (χ3v) is 8.92. The molecular weight excluding hydrogens is 388 g/mol. The molecule has 0 spiro atoms. The van der Waals surface area contributed by atoms with Gasteiger partial charge in [0.15, 0.2) is 9.84 Å². The predicted molar refractivity (Wildman–Crippen MR) is 106 cm³/mol. The van der Waals surface area contributed by atoms with E-state index in [1.54, 1.807) is 26.8 Å². The van der Waals surface area contributed by atoms with Crippen LogP contribution < -0.4 is 5.32 Å². The number of sulfonamides is 1. The van der Waals surface area contributed by atoms with E-state index in [9.17, 15) is 21.6 Å². The Kier molecular flexibility index (Phi) is 6.70. The highest BCUT2D eigenvalue weighted by molar-refractivity contribution is 7.91. The number of carbonyl (C=O) groups is 1. The van der Waals surface area contributed by atoms with Crippen molar-refractivity contribution in [2.45, 2.75) is 45.4 Å². The van der Waals surface area contributed by atoms with Crippen LogP contribution in [-0.2, 0) is 24.7 Å².